The van der Waals surface area contributed by atoms with Gasteiger partial charge in [0.05, 0.1) is 5.56 Å². The lowest BCUT2D eigenvalue weighted by Crippen LogP contribution is -2.25. The fourth-order valence-corrected chi connectivity index (χ4v) is 1.62. The van der Waals surface area contributed by atoms with E-state index >= 15 is 0 Å². The van der Waals surface area contributed by atoms with Crippen molar-refractivity contribution in [3.05, 3.63) is 35.1 Å². The zero-order chi connectivity index (χ0) is 15.5. The van der Waals surface area contributed by atoms with E-state index in [0.717, 1.165) is 19.1 Å². The number of rotatable bonds is 7. The number of halogens is 1. The van der Waals surface area contributed by atoms with Crippen LogP contribution in [0.2, 0.25) is 0 Å². The number of nitrogens with one attached hydrogen (secondary N) is 1. The first kappa shape index (κ1) is 17.2. The molecule has 0 bridgehead atoms. The zero-order valence-corrected chi connectivity index (χ0v) is 12.1. The smallest absolute Gasteiger partial charge is 0.251 e. The first-order chi connectivity index (χ1) is 10.2. The van der Waals surface area contributed by atoms with E-state index < -0.39 is 5.82 Å². The summed E-state index contributed by atoms with van der Waals surface area (Å²) in [5.41, 5.74) is 0.407. The minimum atomic E-state index is -0.574. The number of carbonyl (C=O) groups excluding carboxylic acids is 1. The Bertz CT molecular complexity index is 520. The fourth-order valence-electron chi connectivity index (χ4n) is 1.62. The van der Waals surface area contributed by atoms with Gasteiger partial charge in [0.2, 0.25) is 0 Å². The number of amides is 1. The molecule has 21 heavy (non-hydrogen) atoms. The maximum atomic E-state index is 13.7. The Morgan fingerprint density at radius 2 is 2.24 bits per heavy atom. The van der Waals surface area contributed by atoms with E-state index in [4.69, 9.17) is 9.84 Å². The maximum Gasteiger partial charge on any atom is 0.251 e. The van der Waals surface area contributed by atoms with E-state index in [0.29, 0.717) is 19.6 Å². The molecule has 0 spiro atoms. The van der Waals surface area contributed by atoms with Crippen LogP contribution in [-0.4, -0.2) is 37.4 Å². The van der Waals surface area contributed by atoms with Crippen LogP contribution in [0.5, 0.6) is 0 Å². The predicted octanol–water partition coefficient (Wildman–Crippen LogP) is 1.72. The molecule has 0 aliphatic heterocycles. The molecule has 0 aliphatic rings. The van der Waals surface area contributed by atoms with Crippen molar-refractivity contribution in [3.8, 4) is 11.8 Å². The average Bonchev–Trinajstić information content (AvgIpc) is 2.49. The van der Waals surface area contributed by atoms with E-state index in [9.17, 15) is 9.18 Å². The molecular formula is C16H20FNO3. The number of carbonyl (C=O) groups is 1. The van der Waals surface area contributed by atoms with Crippen molar-refractivity contribution >= 4 is 5.91 Å². The highest BCUT2D eigenvalue weighted by Crippen LogP contribution is 2.09. The minimum absolute atomic E-state index is 0.161. The monoisotopic (exact) mass is 293 g/mol. The van der Waals surface area contributed by atoms with Crippen LogP contribution < -0.4 is 5.32 Å². The summed E-state index contributed by atoms with van der Waals surface area (Å²) in [6, 6.07) is 4.08. The lowest BCUT2D eigenvalue weighted by molar-refractivity contribution is 0.0941. The van der Waals surface area contributed by atoms with E-state index in [1.165, 1.54) is 12.1 Å². The summed E-state index contributed by atoms with van der Waals surface area (Å²) in [7, 11) is 0. The Kier molecular flexibility index (Phi) is 8.10. The molecule has 4 nitrogen and oxygen atoms in total. The summed E-state index contributed by atoms with van der Waals surface area (Å²) in [5.74, 6) is 3.94. The largest absolute Gasteiger partial charge is 0.384 e. The number of ether oxygens (including phenoxy) is 1. The fraction of sp³-hybridized carbons (Fsp3) is 0.438. The third kappa shape index (κ3) is 6.39. The van der Waals surface area contributed by atoms with Crippen molar-refractivity contribution in [2.45, 2.75) is 19.8 Å². The second-order valence-electron chi connectivity index (χ2n) is 4.38. The van der Waals surface area contributed by atoms with Gasteiger partial charge in [0, 0.05) is 25.3 Å². The van der Waals surface area contributed by atoms with E-state index in [2.05, 4.69) is 17.2 Å². The molecule has 0 aromatic heterocycles. The zero-order valence-electron chi connectivity index (χ0n) is 12.1. The minimum Gasteiger partial charge on any atom is -0.384 e. The number of benzene rings is 1. The highest BCUT2D eigenvalue weighted by atomic mass is 19.1. The van der Waals surface area contributed by atoms with Gasteiger partial charge in [-0.2, -0.15) is 0 Å². The number of aliphatic hydroxyl groups excluding tert-OH is 1. The lowest BCUT2D eigenvalue weighted by atomic mass is 10.1. The van der Waals surface area contributed by atoms with Crippen LogP contribution in [0.25, 0.3) is 0 Å². The van der Waals surface area contributed by atoms with Crippen molar-refractivity contribution < 1.29 is 19.0 Å². The summed E-state index contributed by atoms with van der Waals surface area (Å²) >= 11 is 0. The number of aliphatic hydroxyl groups is 1. The second kappa shape index (κ2) is 9.92. The highest BCUT2D eigenvalue weighted by Gasteiger charge is 2.08. The van der Waals surface area contributed by atoms with Gasteiger partial charge in [0.1, 0.15) is 12.4 Å². The Hall–Kier alpha value is -1.90. The quantitative estimate of drug-likeness (QED) is 0.594. The second-order valence-corrected chi connectivity index (χ2v) is 4.38. The standard InChI is InChI=1S/C16H20FNO3/c1-2-10-21-11-4-8-18-16(20)14-7-6-13(5-3-9-19)15(17)12-14/h6-7,12,19H,2,4,8-11H2,1H3,(H,18,20). The molecule has 114 valence electrons. The van der Waals surface area contributed by atoms with Crippen LogP contribution in [-0.2, 0) is 4.74 Å². The summed E-state index contributed by atoms with van der Waals surface area (Å²) in [5, 5.41) is 11.3. The number of hydrogen-bond donors (Lipinski definition) is 2. The predicted molar refractivity (Wildman–Crippen MR) is 78.4 cm³/mol. The van der Waals surface area contributed by atoms with Crippen LogP contribution in [0.1, 0.15) is 35.7 Å². The number of hydrogen-bond acceptors (Lipinski definition) is 3. The average molecular weight is 293 g/mol. The molecule has 0 radical (unpaired) electrons. The molecule has 1 rings (SSSR count). The van der Waals surface area contributed by atoms with Gasteiger partial charge in [-0.15, -0.1) is 0 Å². The maximum absolute atomic E-state index is 13.7. The molecule has 0 saturated carbocycles. The van der Waals surface area contributed by atoms with Gasteiger partial charge in [-0.3, -0.25) is 4.79 Å². The van der Waals surface area contributed by atoms with Crippen LogP contribution in [0.3, 0.4) is 0 Å². The third-order valence-electron chi connectivity index (χ3n) is 2.63. The molecule has 0 aliphatic carbocycles. The summed E-state index contributed by atoms with van der Waals surface area (Å²) in [4.78, 5) is 11.8. The first-order valence-corrected chi connectivity index (χ1v) is 6.94. The van der Waals surface area contributed by atoms with Gasteiger partial charge in [0.25, 0.3) is 5.91 Å². The van der Waals surface area contributed by atoms with Crippen molar-refractivity contribution in [1.29, 1.82) is 0 Å². The van der Waals surface area contributed by atoms with Crippen molar-refractivity contribution in [3.63, 3.8) is 0 Å². The topological polar surface area (TPSA) is 58.6 Å². The molecule has 0 saturated heterocycles. The molecule has 1 aromatic rings. The molecule has 5 heteroatoms. The molecule has 1 aromatic carbocycles. The van der Waals surface area contributed by atoms with Crippen molar-refractivity contribution in [2.75, 3.05) is 26.4 Å². The van der Waals surface area contributed by atoms with Gasteiger partial charge in [-0.25, -0.2) is 4.39 Å². The Balaban J connectivity index is 2.46. The molecular weight excluding hydrogens is 273 g/mol. The highest BCUT2D eigenvalue weighted by molar-refractivity contribution is 5.94. The van der Waals surface area contributed by atoms with Gasteiger partial charge < -0.3 is 15.2 Å². The lowest BCUT2D eigenvalue weighted by Gasteiger charge is -2.06. The Labute approximate surface area is 124 Å². The van der Waals surface area contributed by atoms with E-state index in [-0.39, 0.29) is 23.6 Å². The molecule has 0 atom stereocenters. The summed E-state index contributed by atoms with van der Waals surface area (Å²) in [6.45, 7) is 3.50. The molecule has 0 fully saturated rings. The van der Waals surface area contributed by atoms with E-state index in [1.54, 1.807) is 0 Å². The van der Waals surface area contributed by atoms with Crippen LogP contribution >= 0.6 is 0 Å². The van der Waals surface area contributed by atoms with Gasteiger partial charge in [-0.05, 0) is 31.0 Å². The van der Waals surface area contributed by atoms with Gasteiger partial charge in [-0.1, -0.05) is 18.8 Å². The van der Waals surface area contributed by atoms with Crippen molar-refractivity contribution in [2.24, 2.45) is 0 Å². The molecule has 0 unspecified atom stereocenters. The van der Waals surface area contributed by atoms with E-state index in [1.807, 2.05) is 6.92 Å². The molecule has 2 N–H and O–H groups in total. The summed E-state index contributed by atoms with van der Waals surface area (Å²) < 4.78 is 19.0. The summed E-state index contributed by atoms with van der Waals surface area (Å²) in [6.07, 6.45) is 1.69. The third-order valence-corrected chi connectivity index (χ3v) is 2.63. The Morgan fingerprint density at radius 3 is 2.90 bits per heavy atom. The van der Waals surface area contributed by atoms with Crippen LogP contribution in [0, 0.1) is 17.7 Å². The normalized spacial score (nSPS) is 9.86. The van der Waals surface area contributed by atoms with Gasteiger partial charge in [0.15, 0.2) is 0 Å². The van der Waals surface area contributed by atoms with Crippen LogP contribution in [0.15, 0.2) is 18.2 Å². The van der Waals surface area contributed by atoms with Gasteiger partial charge >= 0.3 is 0 Å². The Morgan fingerprint density at radius 1 is 1.43 bits per heavy atom. The first-order valence-electron chi connectivity index (χ1n) is 6.94. The molecule has 1 amide bonds. The van der Waals surface area contributed by atoms with Crippen molar-refractivity contribution in [1.82, 2.24) is 5.32 Å². The molecule has 0 heterocycles. The van der Waals surface area contributed by atoms with Crippen LogP contribution in [0.4, 0.5) is 4.39 Å². The SMILES string of the molecule is CCCOCCCNC(=O)c1ccc(C#CCO)c(F)c1.